The smallest absolute Gasteiger partial charge is 0.351 e. The van der Waals surface area contributed by atoms with Gasteiger partial charge in [-0.25, -0.2) is 9.59 Å². The normalized spacial score (nSPS) is 34.1. The number of hydroxylamine groups is 2. The number of rotatable bonds is 10. The molecule has 2 aliphatic rings. The first-order valence-electron chi connectivity index (χ1n) is 10.3. The van der Waals surface area contributed by atoms with Gasteiger partial charge in [-0.15, -0.1) is 0 Å². The molecule has 2 rings (SSSR count). The van der Waals surface area contributed by atoms with Crippen molar-refractivity contribution in [3.63, 3.8) is 0 Å². The van der Waals surface area contributed by atoms with Crippen LogP contribution in [0.2, 0.25) is 0 Å². The van der Waals surface area contributed by atoms with Crippen molar-refractivity contribution >= 4 is 41.4 Å². The van der Waals surface area contributed by atoms with E-state index in [1.165, 1.54) is 11.8 Å². The molecule has 6 N–H and O–H groups in total. The van der Waals surface area contributed by atoms with E-state index >= 15 is 0 Å². The second-order valence-electron chi connectivity index (χ2n) is 8.22. The topological polar surface area (TPSA) is 151 Å². The molecule has 0 aliphatic carbocycles. The molecule has 176 valence electrons. The summed E-state index contributed by atoms with van der Waals surface area (Å²) < 4.78 is 0. The van der Waals surface area contributed by atoms with E-state index in [-0.39, 0.29) is 12.0 Å². The number of amides is 1. The molecule has 2 aliphatic heterocycles. The minimum absolute atomic E-state index is 0.239. The van der Waals surface area contributed by atoms with Gasteiger partial charge >= 0.3 is 11.9 Å². The second kappa shape index (κ2) is 9.70. The van der Waals surface area contributed by atoms with Crippen molar-refractivity contribution in [2.24, 2.45) is 23.1 Å². The fourth-order valence-corrected chi connectivity index (χ4v) is 5.81. The fourth-order valence-electron chi connectivity index (χ4n) is 4.74. The van der Waals surface area contributed by atoms with Gasteiger partial charge in [0.2, 0.25) is 5.91 Å². The van der Waals surface area contributed by atoms with Crippen LogP contribution in [0, 0.1) is 5.92 Å². The third-order valence-corrected chi connectivity index (χ3v) is 7.87. The minimum atomic E-state index is -1.60. The van der Waals surface area contributed by atoms with Crippen LogP contribution in [0.1, 0.15) is 46.5 Å². The first-order valence-corrected chi connectivity index (χ1v) is 13.1. The number of fused-ring (bicyclic) bond motifs is 1. The van der Waals surface area contributed by atoms with E-state index < -0.39 is 40.4 Å². The number of hydrogen-bond acceptors (Lipinski definition) is 10. The lowest BCUT2D eigenvalue weighted by molar-refractivity contribution is -0.368. The Balaban J connectivity index is 2.89. The largest absolute Gasteiger partial charge is 0.366 e. The highest BCUT2D eigenvalue weighted by atomic mass is 32.2. The van der Waals surface area contributed by atoms with Crippen LogP contribution < -0.4 is 17.2 Å². The maximum atomic E-state index is 13.2. The van der Waals surface area contributed by atoms with Crippen LogP contribution in [0.3, 0.4) is 0 Å². The lowest BCUT2D eigenvalue weighted by Crippen LogP contribution is -2.78. The summed E-state index contributed by atoms with van der Waals surface area (Å²) in [7, 11) is 0. The van der Waals surface area contributed by atoms with E-state index in [0.29, 0.717) is 36.3 Å². The van der Waals surface area contributed by atoms with Crippen molar-refractivity contribution in [1.82, 2.24) is 5.23 Å². The zero-order valence-corrected chi connectivity index (χ0v) is 20.5. The zero-order valence-electron chi connectivity index (χ0n) is 18.9. The van der Waals surface area contributed by atoms with Gasteiger partial charge in [-0.2, -0.15) is 23.5 Å². The number of nitrogens with zero attached hydrogens (tertiary/aromatic N) is 1. The summed E-state index contributed by atoms with van der Waals surface area (Å²) in [5.41, 5.74) is 15.5. The summed E-state index contributed by atoms with van der Waals surface area (Å²) in [6.07, 6.45) is 5.42. The molecule has 0 aromatic carbocycles. The van der Waals surface area contributed by atoms with Gasteiger partial charge in [0.05, 0.1) is 0 Å². The number of carbonyl (C=O) groups is 3. The van der Waals surface area contributed by atoms with Gasteiger partial charge in [0.15, 0.2) is 5.54 Å². The molecule has 2 fully saturated rings. The molecule has 0 bridgehead atoms. The SMILES string of the molecule is CCC/C(=C(/C)C(N)=O)C12C(C)C(N)(CCSC)C(=O)ON1OC(=O)C2(N)CCSC. The maximum Gasteiger partial charge on any atom is 0.351 e. The molecular formula is C20H34N4O5S2. The molecule has 0 radical (unpaired) electrons. The van der Waals surface area contributed by atoms with Gasteiger partial charge in [-0.3, -0.25) is 4.79 Å². The van der Waals surface area contributed by atoms with Crippen LogP contribution in [0.25, 0.3) is 0 Å². The summed E-state index contributed by atoms with van der Waals surface area (Å²) in [4.78, 5) is 49.4. The van der Waals surface area contributed by atoms with Gasteiger partial charge in [-0.1, -0.05) is 20.3 Å². The molecule has 0 spiro atoms. The molecule has 0 saturated carbocycles. The Hall–Kier alpha value is -1.27. The summed E-state index contributed by atoms with van der Waals surface area (Å²) >= 11 is 3.07. The monoisotopic (exact) mass is 474 g/mol. The Kier molecular flexibility index (Phi) is 8.13. The predicted molar refractivity (Wildman–Crippen MR) is 123 cm³/mol. The van der Waals surface area contributed by atoms with Crippen LogP contribution in [-0.4, -0.2) is 63.7 Å². The third kappa shape index (κ3) is 3.88. The molecular weight excluding hydrogens is 440 g/mol. The zero-order chi connectivity index (χ0) is 23.6. The van der Waals surface area contributed by atoms with Crippen LogP contribution in [0.4, 0.5) is 0 Å². The lowest BCUT2D eigenvalue weighted by Gasteiger charge is -2.55. The van der Waals surface area contributed by atoms with E-state index in [2.05, 4.69) is 0 Å². The molecule has 1 amide bonds. The lowest BCUT2D eigenvalue weighted by atomic mass is 9.57. The minimum Gasteiger partial charge on any atom is -0.366 e. The number of carbonyl (C=O) groups excluding carboxylic acids is 3. The van der Waals surface area contributed by atoms with E-state index in [1.807, 2.05) is 19.4 Å². The standard InChI is InChI=1S/C20H34N4O5S2/c1-6-7-14(12(2)15(21)25)20-13(3)18(22,8-10-30-4)16(26)28-24(20)29-17(27)19(20,23)9-11-31-5/h13H,6-11,22-23H2,1-5H3,(H2,21,25)/b14-12+. The van der Waals surface area contributed by atoms with Crippen molar-refractivity contribution in [1.29, 1.82) is 0 Å². The van der Waals surface area contributed by atoms with Gasteiger partial charge in [-0.05, 0) is 55.8 Å². The van der Waals surface area contributed by atoms with Gasteiger partial charge in [0.1, 0.15) is 11.1 Å². The highest BCUT2D eigenvalue weighted by Crippen LogP contribution is 2.56. The molecule has 4 unspecified atom stereocenters. The van der Waals surface area contributed by atoms with Crippen molar-refractivity contribution < 1.29 is 24.1 Å². The van der Waals surface area contributed by atoms with Crippen LogP contribution in [0.15, 0.2) is 11.1 Å². The Bertz CT molecular complexity index is 779. The van der Waals surface area contributed by atoms with Crippen LogP contribution in [-0.2, 0) is 24.1 Å². The Morgan fingerprint density at radius 2 is 1.65 bits per heavy atom. The van der Waals surface area contributed by atoms with E-state index in [0.717, 1.165) is 5.23 Å². The van der Waals surface area contributed by atoms with Crippen molar-refractivity contribution in [2.45, 2.75) is 63.1 Å². The highest BCUT2D eigenvalue weighted by Gasteiger charge is 2.77. The average molecular weight is 475 g/mol. The van der Waals surface area contributed by atoms with Crippen molar-refractivity contribution in [3.05, 3.63) is 11.1 Å². The molecule has 0 aromatic heterocycles. The van der Waals surface area contributed by atoms with E-state index in [1.54, 1.807) is 25.6 Å². The van der Waals surface area contributed by atoms with Crippen LogP contribution >= 0.6 is 23.5 Å². The summed E-state index contributed by atoms with van der Waals surface area (Å²) in [5, 5.41) is 0.907. The number of hydrogen-bond donors (Lipinski definition) is 3. The van der Waals surface area contributed by atoms with Crippen molar-refractivity contribution in [3.8, 4) is 0 Å². The third-order valence-electron chi connectivity index (χ3n) is 6.65. The van der Waals surface area contributed by atoms with Crippen LogP contribution in [0.5, 0.6) is 0 Å². The molecule has 0 aromatic rings. The molecule has 2 heterocycles. The Morgan fingerprint density at radius 1 is 1.10 bits per heavy atom. The summed E-state index contributed by atoms with van der Waals surface area (Å²) in [6, 6.07) is 0. The molecule has 4 atom stereocenters. The highest BCUT2D eigenvalue weighted by molar-refractivity contribution is 7.98. The Labute approximate surface area is 192 Å². The number of primary amides is 1. The van der Waals surface area contributed by atoms with E-state index in [4.69, 9.17) is 26.9 Å². The molecule has 11 heteroatoms. The van der Waals surface area contributed by atoms with Gasteiger partial charge < -0.3 is 26.9 Å². The van der Waals surface area contributed by atoms with Crippen molar-refractivity contribution in [2.75, 3.05) is 24.0 Å². The predicted octanol–water partition coefficient (Wildman–Crippen LogP) is 1.11. The molecule has 9 nitrogen and oxygen atoms in total. The second-order valence-corrected chi connectivity index (χ2v) is 10.2. The first kappa shape index (κ1) is 26.0. The fraction of sp³-hybridized carbons (Fsp3) is 0.750. The quantitative estimate of drug-likeness (QED) is 0.393. The number of nitrogens with two attached hydrogens (primary N) is 3. The van der Waals surface area contributed by atoms with E-state index in [9.17, 15) is 14.4 Å². The average Bonchev–Trinajstić information content (AvgIpc) is 2.94. The molecule has 2 saturated heterocycles. The van der Waals surface area contributed by atoms with Gasteiger partial charge in [0.25, 0.3) is 0 Å². The summed E-state index contributed by atoms with van der Waals surface area (Å²) in [6.45, 7) is 5.32. The summed E-state index contributed by atoms with van der Waals surface area (Å²) in [5.74, 6) is -1.60. The maximum absolute atomic E-state index is 13.2. The Morgan fingerprint density at radius 3 is 2.16 bits per heavy atom. The van der Waals surface area contributed by atoms with Gasteiger partial charge in [0, 0.05) is 16.7 Å². The first-order chi connectivity index (χ1) is 14.5. The molecule has 31 heavy (non-hydrogen) atoms. The number of thioether (sulfide) groups is 2.